The van der Waals surface area contributed by atoms with Crippen LogP contribution in [0.3, 0.4) is 0 Å². The lowest BCUT2D eigenvalue weighted by Crippen LogP contribution is -2.61. The van der Waals surface area contributed by atoms with Crippen molar-refractivity contribution in [1.82, 2.24) is 24.4 Å². The van der Waals surface area contributed by atoms with Gasteiger partial charge in [-0.2, -0.15) is 0 Å². The molecule has 0 bridgehead atoms. The van der Waals surface area contributed by atoms with Crippen LogP contribution in [-0.4, -0.2) is 58.1 Å². The predicted octanol–water partition coefficient (Wildman–Crippen LogP) is 4.14. The standard InChI is InChI=1S/C10H21ClN2Si.C10H23N3Si.H3N/c2*1-9(2,3)12-7-8-13(14(12)11)10(4,5)6;/h7-8,14H,1-6H3;7-8,14H,11H2,1-6H3;1H3. The topological polar surface area (TPSA) is 74.0 Å². The Kier molecular flexibility index (Phi) is 9.00. The molecular weight excluding hydrogens is 416 g/mol. The van der Waals surface area contributed by atoms with Gasteiger partial charge in [-0.3, -0.25) is 0 Å². The summed E-state index contributed by atoms with van der Waals surface area (Å²) >= 11 is 6.54. The minimum Gasteiger partial charge on any atom is -0.372 e. The van der Waals surface area contributed by atoms with E-state index in [1.165, 1.54) is 0 Å². The molecule has 0 spiro atoms. The first-order valence-corrected chi connectivity index (χ1v) is 14.7. The number of hydrogen-bond donors (Lipinski definition) is 2. The first kappa shape index (κ1) is 28.3. The highest BCUT2D eigenvalue weighted by molar-refractivity contribution is 7.04. The van der Waals surface area contributed by atoms with Crippen LogP contribution in [0.2, 0.25) is 0 Å². The number of nitrogens with zero attached hydrogens (tertiary/aromatic N) is 4. The maximum atomic E-state index is 6.54. The molecule has 0 aromatic carbocycles. The molecule has 2 aliphatic rings. The van der Waals surface area contributed by atoms with Gasteiger partial charge in [0.25, 0.3) is 0 Å². The maximum Gasteiger partial charge on any atom is 0.349 e. The van der Waals surface area contributed by atoms with Gasteiger partial charge in [0.05, 0.1) is 0 Å². The van der Waals surface area contributed by atoms with E-state index < -0.39 is 17.7 Å². The Morgan fingerprint density at radius 3 is 0.897 bits per heavy atom. The van der Waals surface area contributed by atoms with Gasteiger partial charge in [0.2, 0.25) is 0 Å². The van der Waals surface area contributed by atoms with E-state index in [4.69, 9.17) is 16.5 Å². The molecule has 0 aliphatic carbocycles. The number of hydrogen-bond acceptors (Lipinski definition) is 6. The van der Waals surface area contributed by atoms with E-state index in [-0.39, 0.29) is 28.3 Å². The van der Waals surface area contributed by atoms with Crippen molar-refractivity contribution in [2.24, 2.45) is 5.40 Å². The molecule has 0 atom stereocenters. The summed E-state index contributed by atoms with van der Waals surface area (Å²) in [6.07, 6.45) is 8.55. The molecule has 9 heteroatoms. The molecule has 29 heavy (non-hydrogen) atoms. The third kappa shape index (κ3) is 7.20. The zero-order chi connectivity index (χ0) is 22.3. The summed E-state index contributed by atoms with van der Waals surface area (Å²) in [5.74, 6) is 0. The number of nitrogens with two attached hydrogens (primary N) is 1. The lowest BCUT2D eigenvalue weighted by Gasteiger charge is -2.42. The van der Waals surface area contributed by atoms with Crippen LogP contribution in [0.15, 0.2) is 24.8 Å². The Bertz CT molecular complexity index is 484. The summed E-state index contributed by atoms with van der Waals surface area (Å²) in [4.78, 5) is 0. The normalized spacial score (nSPS) is 19.0. The average Bonchev–Trinajstić information content (AvgIpc) is 2.99. The molecule has 2 aliphatic heterocycles. The van der Waals surface area contributed by atoms with Gasteiger partial charge in [0.1, 0.15) is 0 Å². The Balaban J connectivity index is 0.000000523. The van der Waals surface area contributed by atoms with E-state index in [0.29, 0.717) is 0 Å². The SMILES string of the molecule is CC(C)(C)N1C=CN(C(C)(C)C)[SiH]1Cl.CC(C)(C)N1C=CN(C(C)(C)C)[SiH]1N.N. The van der Waals surface area contributed by atoms with Gasteiger partial charge in [0.15, 0.2) is 0 Å². The lowest BCUT2D eigenvalue weighted by molar-refractivity contribution is 0.280. The van der Waals surface area contributed by atoms with Crippen molar-refractivity contribution < 1.29 is 0 Å². The van der Waals surface area contributed by atoms with Gasteiger partial charge in [-0.1, -0.05) is 0 Å². The summed E-state index contributed by atoms with van der Waals surface area (Å²) in [5, 5.41) is 6.32. The second-order valence-corrected chi connectivity index (χ2v) is 16.5. The van der Waals surface area contributed by atoms with Gasteiger partial charge in [0, 0.05) is 47.0 Å². The molecule has 0 aromatic rings. The van der Waals surface area contributed by atoms with Crippen molar-refractivity contribution in [3.63, 3.8) is 0 Å². The van der Waals surface area contributed by atoms with Gasteiger partial charge >= 0.3 is 17.7 Å². The van der Waals surface area contributed by atoms with Crippen molar-refractivity contribution >= 4 is 28.8 Å². The van der Waals surface area contributed by atoms with Crippen molar-refractivity contribution in [3.05, 3.63) is 24.8 Å². The van der Waals surface area contributed by atoms with E-state index in [0.717, 1.165) is 0 Å². The Morgan fingerprint density at radius 2 is 0.759 bits per heavy atom. The van der Waals surface area contributed by atoms with Crippen LogP contribution in [0.4, 0.5) is 0 Å². The molecule has 6 nitrogen and oxygen atoms in total. The molecule has 0 amide bonds. The minimum absolute atomic E-state index is 0. The fourth-order valence-corrected chi connectivity index (χ4v) is 9.69. The van der Waals surface area contributed by atoms with Crippen molar-refractivity contribution in [3.8, 4) is 0 Å². The van der Waals surface area contributed by atoms with Crippen molar-refractivity contribution in [2.45, 2.75) is 105 Å². The van der Waals surface area contributed by atoms with Crippen LogP contribution in [0, 0.1) is 0 Å². The molecule has 0 radical (unpaired) electrons. The van der Waals surface area contributed by atoms with Crippen LogP contribution in [0.1, 0.15) is 83.1 Å². The van der Waals surface area contributed by atoms with Crippen molar-refractivity contribution in [1.29, 1.82) is 0 Å². The van der Waals surface area contributed by atoms with Crippen LogP contribution in [0.25, 0.3) is 0 Å². The minimum atomic E-state index is -1.50. The van der Waals surface area contributed by atoms with E-state index >= 15 is 0 Å². The van der Waals surface area contributed by atoms with Gasteiger partial charge < -0.3 is 29.8 Å². The largest absolute Gasteiger partial charge is 0.372 e. The van der Waals surface area contributed by atoms with Gasteiger partial charge in [-0.25, -0.2) is 0 Å². The first-order valence-electron chi connectivity index (χ1n) is 10.2. The van der Waals surface area contributed by atoms with Crippen LogP contribution >= 0.6 is 11.1 Å². The fourth-order valence-electron chi connectivity index (χ4n) is 3.20. The quantitative estimate of drug-likeness (QED) is 0.416. The molecule has 0 fully saturated rings. The molecule has 2 heterocycles. The third-order valence-electron chi connectivity index (χ3n) is 4.90. The number of rotatable bonds is 0. The van der Waals surface area contributed by atoms with E-state index in [9.17, 15) is 0 Å². The van der Waals surface area contributed by atoms with Gasteiger partial charge in [-0.05, 0) is 83.1 Å². The van der Waals surface area contributed by atoms with Gasteiger partial charge in [-0.15, -0.1) is 11.1 Å². The van der Waals surface area contributed by atoms with E-state index in [1.54, 1.807) is 0 Å². The first-order chi connectivity index (χ1) is 12.3. The highest BCUT2D eigenvalue weighted by atomic mass is 35.6. The maximum absolute atomic E-state index is 6.54. The Morgan fingerprint density at radius 1 is 0.552 bits per heavy atom. The summed E-state index contributed by atoms with van der Waals surface area (Å²) in [6.45, 7) is 26.4. The number of halogens is 1. The lowest BCUT2D eigenvalue weighted by atomic mass is 10.1. The highest BCUT2D eigenvalue weighted by Gasteiger charge is 2.39. The van der Waals surface area contributed by atoms with Crippen LogP contribution in [0.5, 0.6) is 0 Å². The average molecular weight is 463 g/mol. The monoisotopic (exact) mass is 462 g/mol. The predicted molar refractivity (Wildman–Crippen MR) is 134 cm³/mol. The zero-order valence-corrected chi connectivity index (χ0v) is 24.0. The molecule has 0 aromatic heterocycles. The zero-order valence-electron chi connectivity index (χ0n) is 20.9. The molecule has 0 saturated heterocycles. The summed E-state index contributed by atoms with van der Waals surface area (Å²) < 4.78 is 9.25. The summed E-state index contributed by atoms with van der Waals surface area (Å²) in [6, 6.07) is 0. The second kappa shape index (κ2) is 9.22. The molecule has 5 N–H and O–H groups in total. The van der Waals surface area contributed by atoms with E-state index in [1.807, 2.05) is 0 Å². The molecule has 0 saturated carbocycles. The molecular formula is C20H47ClN6Si2. The molecule has 2 rings (SSSR count). The fraction of sp³-hybridized carbons (Fsp3) is 0.800. The summed E-state index contributed by atoms with van der Waals surface area (Å²) in [5.41, 5.74) is 0.550. The molecule has 172 valence electrons. The summed E-state index contributed by atoms with van der Waals surface area (Å²) in [7, 11) is -2.98. The van der Waals surface area contributed by atoms with E-state index in [2.05, 4.69) is 126 Å². The Labute approximate surface area is 188 Å². The Hall–Kier alpha value is -0.676. The molecule has 0 unspecified atom stereocenters. The van der Waals surface area contributed by atoms with Crippen molar-refractivity contribution in [2.75, 3.05) is 0 Å². The third-order valence-corrected chi connectivity index (χ3v) is 12.0. The second-order valence-electron chi connectivity index (χ2n) is 11.6. The van der Waals surface area contributed by atoms with Crippen LogP contribution in [-0.2, 0) is 0 Å². The smallest absolute Gasteiger partial charge is 0.349 e. The highest BCUT2D eigenvalue weighted by Crippen LogP contribution is 2.30. The van der Waals surface area contributed by atoms with Crippen LogP contribution < -0.4 is 11.5 Å².